The van der Waals surface area contributed by atoms with Gasteiger partial charge < -0.3 is 10.0 Å². The first kappa shape index (κ1) is 15.4. The fourth-order valence-electron chi connectivity index (χ4n) is 2.25. The van der Waals surface area contributed by atoms with Gasteiger partial charge in [0.15, 0.2) is 5.78 Å². The maximum absolute atomic E-state index is 11.4. The molecule has 1 atom stereocenters. The number of aromatic hydroxyl groups is 1. The van der Waals surface area contributed by atoms with Crippen LogP contribution >= 0.6 is 11.6 Å². The number of phenols is 1. The summed E-state index contributed by atoms with van der Waals surface area (Å²) in [5.41, 5.74) is 2.26. The van der Waals surface area contributed by atoms with Crippen LogP contribution in [0.15, 0.2) is 42.5 Å². The molecule has 2 aromatic carbocycles. The molecule has 0 heterocycles. The summed E-state index contributed by atoms with van der Waals surface area (Å²) in [5, 5.41) is 10.6. The molecule has 4 heteroatoms. The SMILES string of the molecule is CC(=O)c1ccc(N(C)C(C)c2cccc(Cl)c2)cc1O. The third-order valence-corrected chi connectivity index (χ3v) is 3.92. The average Bonchev–Trinajstić information content (AvgIpc) is 2.45. The van der Waals surface area contributed by atoms with Crippen LogP contribution in [-0.2, 0) is 0 Å². The van der Waals surface area contributed by atoms with Crippen LogP contribution in [0.5, 0.6) is 5.75 Å². The molecule has 0 radical (unpaired) electrons. The third kappa shape index (κ3) is 3.37. The summed E-state index contributed by atoms with van der Waals surface area (Å²) in [6.07, 6.45) is 0. The van der Waals surface area contributed by atoms with Gasteiger partial charge in [0, 0.05) is 23.8 Å². The summed E-state index contributed by atoms with van der Waals surface area (Å²) in [4.78, 5) is 13.4. The molecule has 1 N–H and O–H groups in total. The zero-order chi connectivity index (χ0) is 15.6. The predicted octanol–water partition coefficient (Wildman–Crippen LogP) is 4.45. The number of anilines is 1. The second-order valence-corrected chi connectivity index (χ2v) is 5.54. The molecule has 0 bridgehead atoms. The van der Waals surface area contributed by atoms with Crippen molar-refractivity contribution >= 4 is 23.1 Å². The molecule has 0 aliphatic carbocycles. The zero-order valence-electron chi connectivity index (χ0n) is 12.3. The number of hydrogen-bond donors (Lipinski definition) is 1. The van der Waals surface area contributed by atoms with Crippen LogP contribution in [-0.4, -0.2) is 17.9 Å². The highest BCUT2D eigenvalue weighted by Crippen LogP contribution is 2.30. The molecule has 0 spiro atoms. The maximum atomic E-state index is 11.4. The molecule has 3 nitrogen and oxygen atoms in total. The van der Waals surface area contributed by atoms with Crippen LogP contribution in [0.4, 0.5) is 5.69 Å². The number of phenolic OH excluding ortho intramolecular Hbond substituents is 1. The van der Waals surface area contributed by atoms with Crippen molar-refractivity contribution in [1.29, 1.82) is 0 Å². The van der Waals surface area contributed by atoms with Gasteiger partial charge >= 0.3 is 0 Å². The summed E-state index contributed by atoms with van der Waals surface area (Å²) < 4.78 is 0. The Balaban J connectivity index is 2.29. The number of rotatable bonds is 4. The summed E-state index contributed by atoms with van der Waals surface area (Å²) in [6, 6.07) is 12.9. The topological polar surface area (TPSA) is 40.5 Å². The molecule has 0 saturated heterocycles. The van der Waals surface area contributed by atoms with E-state index in [2.05, 4.69) is 6.92 Å². The average molecular weight is 304 g/mol. The Kier molecular flexibility index (Phi) is 4.53. The van der Waals surface area contributed by atoms with Gasteiger partial charge in [-0.1, -0.05) is 23.7 Å². The van der Waals surface area contributed by atoms with Crippen LogP contribution in [0, 0.1) is 0 Å². The summed E-state index contributed by atoms with van der Waals surface area (Å²) in [5.74, 6) is -0.144. The fourth-order valence-corrected chi connectivity index (χ4v) is 2.45. The normalized spacial score (nSPS) is 12.0. The first-order valence-electron chi connectivity index (χ1n) is 6.72. The summed E-state index contributed by atoms with van der Waals surface area (Å²) in [6.45, 7) is 3.49. The van der Waals surface area contributed by atoms with Crippen molar-refractivity contribution in [3.63, 3.8) is 0 Å². The fraction of sp³-hybridized carbons (Fsp3) is 0.235. The molecule has 2 aromatic rings. The van der Waals surface area contributed by atoms with E-state index >= 15 is 0 Å². The Hall–Kier alpha value is -2.00. The molecular formula is C17H18ClNO2. The van der Waals surface area contributed by atoms with Crippen LogP contribution in [0.2, 0.25) is 5.02 Å². The van der Waals surface area contributed by atoms with Crippen LogP contribution in [0.3, 0.4) is 0 Å². The standard InChI is InChI=1S/C17H18ClNO2/c1-11(13-5-4-6-14(18)9-13)19(3)15-7-8-16(12(2)20)17(21)10-15/h4-11,21H,1-3H3. The van der Waals surface area contributed by atoms with Gasteiger partial charge in [-0.25, -0.2) is 0 Å². The number of carbonyl (C=O) groups excluding carboxylic acids is 1. The van der Waals surface area contributed by atoms with Gasteiger partial charge in [-0.2, -0.15) is 0 Å². The van der Waals surface area contributed by atoms with E-state index in [4.69, 9.17) is 11.6 Å². The Morgan fingerprint density at radius 1 is 1.24 bits per heavy atom. The number of halogens is 1. The van der Waals surface area contributed by atoms with Crippen LogP contribution in [0.1, 0.15) is 35.8 Å². The Labute approximate surface area is 129 Å². The highest BCUT2D eigenvalue weighted by atomic mass is 35.5. The molecule has 2 rings (SSSR count). The number of nitrogens with zero attached hydrogens (tertiary/aromatic N) is 1. The van der Waals surface area contributed by atoms with Crippen molar-refractivity contribution < 1.29 is 9.90 Å². The highest BCUT2D eigenvalue weighted by Gasteiger charge is 2.15. The van der Waals surface area contributed by atoms with Crippen molar-refractivity contribution in [3.8, 4) is 5.75 Å². The molecule has 110 valence electrons. The van der Waals surface area contributed by atoms with E-state index in [1.54, 1.807) is 12.1 Å². The van der Waals surface area contributed by atoms with Gasteiger partial charge in [0.2, 0.25) is 0 Å². The summed E-state index contributed by atoms with van der Waals surface area (Å²) >= 11 is 6.02. The Morgan fingerprint density at radius 3 is 2.52 bits per heavy atom. The minimum atomic E-state index is -0.149. The first-order valence-corrected chi connectivity index (χ1v) is 7.10. The number of Topliss-reactive ketones (excluding diaryl/α,β-unsaturated/α-hetero) is 1. The maximum Gasteiger partial charge on any atom is 0.163 e. The molecule has 0 aliphatic rings. The van der Waals surface area contributed by atoms with E-state index in [0.717, 1.165) is 11.3 Å². The predicted molar refractivity (Wildman–Crippen MR) is 86.4 cm³/mol. The number of ketones is 1. The lowest BCUT2D eigenvalue weighted by molar-refractivity contribution is 0.101. The molecule has 21 heavy (non-hydrogen) atoms. The van der Waals surface area contributed by atoms with Gasteiger partial charge in [-0.05, 0) is 43.7 Å². The second-order valence-electron chi connectivity index (χ2n) is 5.10. The monoisotopic (exact) mass is 303 g/mol. The minimum Gasteiger partial charge on any atom is -0.507 e. The highest BCUT2D eigenvalue weighted by molar-refractivity contribution is 6.30. The second kappa shape index (κ2) is 6.19. The molecule has 0 aliphatic heterocycles. The van der Waals surface area contributed by atoms with E-state index in [1.165, 1.54) is 6.92 Å². The lowest BCUT2D eigenvalue weighted by Crippen LogP contribution is -2.21. The van der Waals surface area contributed by atoms with Crippen molar-refractivity contribution in [2.45, 2.75) is 19.9 Å². The lowest BCUT2D eigenvalue weighted by atomic mass is 10.1. The first-order chi connectivity index (χ1) is 9.90. The minimum absolute atomic E-state index is 0.00476. The zero-order valence-corrected chi connectivity index (χ0v) is 13.1. The van der Waals surface area contributed by atoms with E-state index < -0.39 is 0 Å². The van der Waals surface area contributed by atoms with Crippen molar-refractivity contribution in [3.05, 3.63) is 58.6 Å². The summed E-state index contributed by atoms with van der Waals surface area (Å²) in [7, 11) is 1.94. The van der Waals surface area contributed by atoms with Gasteiger partial charge in [0.05, 0.1) is 11.6 Å². The third-order valence-electron chi connectivity index (χ3n) is 3.68. The largest absolute Gasteiger partial charge is 0.507 e. The van der Waals surface area contributed by atoms with Gasteiger partial charge in [0.25, 0.3) is 0 Å². The van der Waals surface area contributed by atoms with Gasteiger partial charge in [-0.15, -0.1) is 0 Å². The van der Waals surface area contributed by atoms with Gasteiger partial charge in [-0.3, -0.25) is 4.79 Å². The molecular weight excluding hydrogens is 286 g/mol. The van der Waals surface area contributed by atoms with Crippen LogP contribution in [0.25, 0.3) is 0 Å². The molecule has 0 fully saturated rings. The van der Waals surface area contributed by atoms with Crippen molar-refractivity contribution in [2.75, 3.05) is 11.9 Å². The molecule has 0 saturated carbocycles. The van der Waals surface area contributed by atoms with Crippen molar-refractivity contribution in [1.82, 2.24) is 0 Å². The van der Waals surface area contributed by atoms with Crippen LogP contribution < -0.4 is 4.90 Å². The van der Waals surface area contributed by atoms with Gasteiger partial charge in [0.1, 0.15) is 5.75 Å². The van der Waals surface area contributed by atoms with E-state index in [-0.39, 0.29) is 17.6 Å². The molecule has 0 amide bonds. The van der Waals surface area contributed by atoms with E-state index in [0.29, 0.717) is 10.6 Å². The quantitative estimate of drug-likeness (QED) is 0.849. The number of benzene rings is 2. The molecule has 0 aromatic heterocycles. The number of hydrogen-bond acceptors (Lipinski definition) is 3. The van der Waals surface area contributed by atoms with E-state index in [1.807, 2.05) is 42.3 Å². The Bertz CT molecular complexity index is 670. The Morgan fingerprint density at radius 2 is 1.95 bits per heavy atom. The van der Waals surface area contributed by atoms with Crippen molar-refractivity contribution in [2.24, 2.45) is 0 Å². The smallest absolute Gasteiger partial charge is 0.163 e. The van der Waals surface area contributed by atoms with E-state index in [9.17, 15) is 9.90 Å². The lowest BCUT2D eigenvalue weighted by Gasteiger charge is -2.28. The number of carbonyl (C=O) groups is 1. The molecule has 1 unspecified atom stereocenters.